The van der Waals surface area contributed by atoms with Crippen molar-refractivity contribution < 1.29 is 22.4 Å². The first-order chi connectivity index (χ1) is 15.8. The lowest BCUT2D eigenvalue weighted by Crippen LogP contribution is -2.36. The van der Waals surface area contributed by atoms with E-state index in [0.717, 1.165) is 49.8 Å². The Kier molecular flexibility index (Phi) is 6.81. The van der Waals surface area contributed by atoms with Gasteiger partial charge in [-0.25, -0.2) is 12.8 Å². The summed E-state index contributed by atoms with van der Waals surface area (Å²) in [7, 11) is -4.00. The summed E-state index contributed by atoms with van der Waals surface area (Å²) in [5.74, 6) is -1.23. The summed E-state index contributed by atoms with van der Waals surface area (Å²) in [5, 5.41) is 5.69. The molecule has 2 aromatic carbocycles. The highest BCUT2D eigenvalue weighted by Crippen LogP contribution is 2.30. The zero-order valence-electron chi connectivity index (χ0n) is 18.5. The predicted octanol–water partition coefficient (Wildman–Crippen LogP) is 3.84. The molecule has 2 fully saturated rings. The Balaban J connectivity index is 1.44. The fourth-order valence-electron chi connectivity index (χ4n) is 3.89. The molecule has 4 rings (SSSR count). The van der Waals surface area contributed by atoms with Crippen molar-refractivity contribution in [2.24, 2.45) is 5.92 Å². The summed E-state index contributed by atoms with van der Waals surface area (Å²) < 4.78 is 41.5. The molecule has 1 unspecified atom stereocenters. The van der Waals surface area contributed by atoms with Crippen molar-refractivity contribution in [1.82, 2.24) is 9.62 Å². The molecule has 2 amide bonds. The molecule has 9 heteroatoms. The summed E-state index contributed by atoms with van der Waals surface area (Å²) in [4.78, 5) is 24.2. The van der Waals surface area contributed by atoms with Gasteiger partial charge < -0.3 is 10.6 Å². The Morgan fingerprint density at radius 3 is 2.33 bits per heavy atom. The Morgan fingerprint density at radius 2 is 1.70 bits per heavy atom. The van der Waals surface area contributed by atoms with Crippen molar-refractivity contribution in [2.75, 3.05) is 18.4 Å². The molecule has 1 aliphatic carbocycles. The molecule has 0 bridgehead atoms. The van der Waals surface area contributed by atoms with Gasteiger partial charge in [-0.1, -0.05) is 18.6 Å². The summed E-state index contributed by atoms with van der Waals surface area (Å²) in [6.45, 7) is 2.50. The van der Waals surface area contributed by atoms with Gasteiger partial charge in [-0.3, -0.25) is 9.59 Å². The first-order valence-corrected chi connectivity index (χ1v) is 12.7. The number of halogens is 1. The van der Waals surface area contributed by atoms with E-state index in [0.29, 0.717) is 18.8 Å². The van der Waals surface area contributed by atoms with Crippen LogP contribution in [0.25, 0.3) is 0 Å². The number of carbonyl (C=O) groups is 2. The third-order valence-electron chi connectivity index (χ3n) is 6.10. The number of rotatable bonds is 7. The first kappa shape index (κ1) is 23.4. The van der Waals surface area contributed by atoms with Gasteiger partial charge in [0.15, 0.2) is 0 Å². The van der Waals surface area contributed by atoms with Crippen molar-refractivity contribution in [2.45, 2.75) is 50.0 Å². The lowest BCUT2D eigenvalue weighted by molar-refractivity contribution is -0.117. The monoisotopic (exact) mass is 473 g/mol. The van der Waals surface area contributed by atoms with Crippen LogP contribution in [-0.4, -0.2) is 37.6 Å². The maximum atomic E-state index is 14.4. The van der Waals surface area contributed by atoms with Crippen LogP contribution in [0.3, 0.4) is 0 Å². The molecule has 2 N–H and O–H groups in total. The number of sulfonamides is 1. The third-order valence-corrected chi connectivity index (χ3v) is 8.01. The van der Waals surface area contributed by atoms with E-state index in [-0.39, 0.29) is 23.4 Å². The van der Waals surface area contributed by atoms with Crippen LogP contribution in [0.5, 0.6) is 0 Å². The quantitative estimate of drug-likeness (QED) is 0.639. The van der Waals surface area contributed by atoms with Gasteiger partial charge in [0.25, 0.3) is 5.91 Å². The van der Waals surface area contributed by atoms with Crippen molar-refractivity contribution in [1.29, 1.82) is 0 Å². The molecular formula is C24H28FN3O4S. The van der Waals surface area contributed by atoms with Crippen LogP contribution in [0.15, 0.2) is 47.4 Å². The van der Waals surface area contributed by atoms with Crippen LogP contribution in [0.1, 0.15) is 61.0 Å². The number of hydrogen-bond acceptors (Lipinski definition) is 4. The van der Waals surface area contributed by atoms with Gasteiger partial charge in [0.05, 0.1) is 6.04 Å². The molecule has 1 heterocycles. The van der Waals surface area contributed by atoms with Crippen LogP contribution in [0, 0.1) is 11.7 Å². The number of piperidine rings is 1. The molecule has 2 aliphatic rings. The van der Waals surface area contributed by atoms with E-state index < -0.39 is 26.6 Å². The molecule has 176 valence electrons. The van der Waals surface area contributed by atoms with Crippen LogP contribution in [0.2, 0.25) is 0 Å². The third kappa shape index (κ3) is 5.42. The number of anilines is 1. The highest BCUT2D eigenvalue weighted by Gasteiger charge is 2.30. The maximum Gasteiger partial charge on any atom is 0.251 e. The second-order valence-corrected chi connectivity index (χ2v) is 10.6. The number of nitrogens with one attached hydrogen (secondary N) is 2. The molecular weight excluding hydrogens is 445 g/mol. The number of carbonyl (C=O) groups excluding carboxylic acids is 2. The topological polar surface area (TPSA) is 95.6 Å². The van der Waals surface area contributed by atoms with Crippen LogP contribution >= 0.6 is 0 Å². The summed E-state index contributed by atoms with van der Waals surface area (Å²) in [5.41, 5.74) is 1.59. The molecule has 7 nitrogen and oxygen atoms in total. The van der Waals surface area contributed by atoms with Gasteiger partial charge >= 0.3 is 0 Å². The van der Waals surface area contributed by atoms with Gasteiger partial charge in [0.2, 0.25) is 15.9 Å². The lowest BCUT2D eigenvalue weighted by Gasteiger charge is -2.26. The van der Waals surface area contributed by atoms with E-state index in [4.69, 9.17) is 0 Å². The van der Waals surface area contributed by atoms with Crippen molar-refractivity contribution >= 4 is 27.5 Å². The van der Waals surface area contributed by atoms with Gasteiger partial charge in [0, 0.05) is 30.3 Å². The van der Waals surface area contributed by atoms with Gasteiger partial charge in [-0.05, 0) is 68.5 Å². The second-order valence-electron chi connectivity index (χ2n) is 8.69. The molecule has 1 saturated heterocycles. The lowest BCUT2D eigenvalue weighted by atomic mass is 10.1. The van der Waals surface area contributed by atoms with E-state index in [9.17, 15) is 22.4 Å². The van der Waals surface area contributed by atoms with Crippen molar-refractivity contribution in [3.8, 4) is 0 Å². The fourth-order valence-corrected chi connectivity index (χ4v) is 5.50. The van der Waals surface area contributed by atoms with Gasteiger partial charge in [0.1, 0.15) is 10.7 Å². The normalized spacial score (nSPS) is 17.9. The van der Waals surface area contributed by atoms with E-state index in [1.165, 1.54) is 10.4 Å². The molecule has 2 aromatic rings. The predicted molar refractivity (Wildman–Crippen MR) is 123 cm³/mol. The highest BCUT2D eigenvalue weighted by molar-refractivity contribution is 7.89. The number of amides is 2. The van der Waals surface area contributed by atoms with E-state index >= 15 is 0 Å². The molecule has 33 heavy (non-hydrogen) atoms. The number of hydrogen-bond donors (Lipinski definition) is 2. The van der Waals surface area contributed by atoms with E-state index in [1.807, 2.05) is 12.1 Å². The van der Waals surface area contributed by atoms with Crippen LogP contribution in [0.4, 0.5) is 10.1 Å². The van der Waals surface area contributed by atoms with Crippen LogP contribution in [-0.2, 0) is 14.8 Å². The van der Waals surface area contributed by atoms with E-state index in [1.54, 1.807) is 19.1 Å². The zero-order valence-corrected chi connectivity index (χ0v) is 19.3. The minimum atomic E-state index is -4.00. The fraction of sp³-hybridized carbons (Fsp3) is 0.417. The zero-order chi connectivity index (χ0) is 23.6. The van der Waals surface area contributed by atoms with E-state index in [2.05, 4.69) is 10.6 Å². The molecule has 0 spiro atoms. The summed E-state index contributed by atoms with van der Waals surface area (Å²) >= 11 is 0. The van der Waals surface area contributed by atoms with Crippen molar-refractivity contribution in [3.63, 3.8) is 0 Å². The van der Waals surface area contributed by atoms with Gasteiger partial charge in [-0.15, -0.1) is 0 Å². The number of nitrogens with zero attached hydrogens (tertiary/aromatic N) is 1. The Labute approximate surface area is 193 Å². The Morgan fingerprint density at radius 1 is 1.03 bits per heavy atom. The standard InChI is InChI=1S/C24H28FN3O4S/c1-16(17-7-10-20(11-8-17)27-23(29)18-5-6-18)26-24(30)19-9-12-21(25)22(15-19)33(31,32)28-13-3-2-4-14-28/h7-12,15-16,18H,2-6,13-14H2,1H3,(H,26,30)(H,27,29). The largest absolute Gasteiger partial charge is 0.346 e. The summed E-state index contributed by atoms with van der Waals surface area (Å²) in [6.07, 6.45) is 4.28. The second kappa shape index (κ2) is 9.61. The van der Waals surface area contributed by atoms with Crippen molar-refractivity contribution in [3.05, 3.63) is 59.4 Å². The maximum absolute atomic E-state index is 14.4. The molecule has 1 saturated carbocycles. The SMILES string of the molecule is CC(NC(=O)c1ccc(F)c(S(=O)(=O)N2CCCCC2)c1)c1ccc(NC(=O)C2CC2)cc1. The first-order valence-electron chi connectivity index (χ1n) is 11.3. The minimum Gasteiger partial charge on any atom is -0.346 e. The Bertz CT molecular complexity index is 1140. The number of benzene rings is 2. The van der Waals surface area contributed by atoms with Gasteiger partial charge in [-0.2, -0.15) is 4.31 Å². The smallest absolute Gasteiger partial charge is 0.251 e. The molecule has 0 aromatic heterocycles. The Hall–Kier alpha value is -2.78. The average molecular weight is 474 g/mol. The molecule has 1 aliphatic heterocycles. The average Bonchev–Trinajstić information content (AvgIpc) is 3.66. The molecule has 1 atom stereocenters. The minimum absolute atomic E-state index is 0.0238. The summed E-state index contributed by atoms with van der Waals surface area (Å²) in [6, 6.07) is 10.2. The molecule has 0 radical (unpaired) electrons. The highest BCUT2D eigenvalue weighted by atomic mass is 32.2. The van der Waals surface area contributed by atoms with Crippen LogP contribution < -0.4 is 10.6 Å².